The highest BCUT2D eigenvalue weighted by atomic mass is 32.2. The van der Waals surface area contributed by atoms with Crippen molar-refractivity contribution in [1.29, 1.82) is 0 Å². The quantitative estimate of drug-likeness (QED) is 0.215. The van der Waals surface area contributed by atoms with E-state index in [4.69, 9.17) is 4.98 Å². The standard InChI is InChI=1S/C24H23N3OS2/c1-14(2)11-18-16-9-6-10-17(16)20-21-22(30-23(20)27-18)24(26-13-25-21)29-12-19(28)15-7-4-3-5-8-15/h3-5,7-8,13-14H,6,9-12H2,1-2H3. The summed E-state index contributed by atoms with van der Waals surface area (Å²) in [7, 11) is 0. The summed E-state index contributed by atoms with van der Waals surface area (Å²) in [6, 6.07) is 9.44. The summed E-state index contributed by atoms with van der Waals surface area (Å²) in [6.45, 7) is 4.50. The Hall–Kier alpha value is -2.31. The monoisotopic (exact) mass is 433 g/mol. The molecular formula is C24H23N3OS2. The number of ketones is 1. The van der Waals surface area contributed by atoms with Gasteiger partial charge in [-0.3, -0.25) is 4.79 Å². The van der Waals surface area contributed by atoms with Crippen molar-refractivity contribution in [2.45, 2.75) is 44.6 Å². The second-order valence-electron chi connectivity index (χ2n) is 8.18. The van der Waals surface area contributed by atoms with Crippen LogP contribution in [0.5, 0.6) is 0 Å². The lowest BCUT2D eigenvalue weighted by molar-refractivity contribution is 0.102. The Morgan fingerprint density at radius 3 is 2.73 bits per heavy atom. The molecule has 0 radical (unpaired) electrons. The number of pyridine rings is 1. The van der Waals surface area contributed by atoms with Crippen LogP contribution in [-0.2, 0) is 19.3 Å². The van der Waals surface area contributed by atoms with Crippen LogP contribution in [-0.4, -0.2) is 26.5 Å². The van der Waals surface area contributed by atoms with Crippen LogP contribution >= 0.6 is 23.1 Å². The number of fused-ring (bicyclic) bond motifs is 5. The molecule has 30 heavy (non-hydrogen) atoms. The van der Waals surface area contributed by atoms with Gasteiger partial charge in [-0.25, -0.2) is 15.0 Å². The minimum atomic E-state index is 0.117. The predicted octanol–water partition coefficient (Wildman–Crippen LogP) is 5.90. The SMILES string of the molecule is CC(C)Cc1nc2sc3c(SCC(=O)c4ccccc4)ncnc3c2c2c1CCC2. The molecular weight excluding hydrogens is 410 g/mol. The highest BCUT2D eigenvalue weighted by Gasteiger charge is 2.24. The molecule has 0 aliphatic heterocycles. The number of hydrogen-bond donors (Lipinski definition) is 0. The number of carbonyl (C=O) groups excluding carboxylic acids is 1. The molecule has 0 saturated carbocycles. The summed E-state index contributed by atoms with van der Waals surface area (Å²) in [5.41, 5.74) is 5.89. The third-order valence-corrected chi connectivity index (χ3v) is 7.76. The first kappa shape index (κ1) is 19.6. The molecule has 0 N–H and O–H groups in total. The second kappa shape index (κ2) is 8.08. The number of carbonyl (C=O) groups is 1. The van der Waals surface area contributed by atoms with E-state index in [9.17, 15) is 4.79 Å². The van der Waals surface area contributed by atoms with Gasteiger partial charge in [-0.05, 0) is 42.7 Å². The van der Waals surface area contributed by atoms with E-state index in [1.165, 1.54) is 40.4 Å². The number of benzene rings is 1. The Kier molecular flexibility index (Phi) is 5.29. The van der Waals surface area contributed by atoms with Gasteiger partial charge < -0.3 is 0 Å². The molecule has 0 atom stereocenters. The Morgan fingerprint density at radius 1 is 1.13 bits per heavy atom. The van der Waals surface area contributed by atoms with Crippen molar-refractivity contribution in [1.82, 2.24) is 15.0 Å². The number of thioether (sulfide) groups is 1. The lowest BCUT2D eigenvalue weighted by Gasteiger charge is -2.11. The number of aryl methyl sites for hydroxylation is 1. The topological polar surface area (TPSA) is 55.7 Å². The molecule has 4 aromatic rings. The van der Waals surface area contributed by atoms with Crippen molar-refractivity contribution in [2.75, 3.05) is 5.75 Å². The first-order chi connectivity index (χ1) is 14.6. The maximum Gasteiger partial charge on any atom is 0.173 e. The number of rotatable bonds is 6. The van der Waals surface area contributed by atoms with Crippen LogP contribution in [0, 0.1) is 5.92 Å². The van der Waals surface area contributed by atoms with Crippen molar-refractivity contribution < 1.29 is 4.79 Å². The highest BCUT2D eigenvalue weighted by molar-refractivity contribution is 8.00. The van der Waals surface area contributed by atoms with Crippen molar-refractivity contribution >= 4 is 49.3 Å². The van der Waals surface area contributed by atoms with Crippen molar-refractivity contribution in [3.05, 3.63) is 59.0 Å². The molecule has 3 aromatic heterocycles. The van der Waals surface area contributed by atoms with Gasteiger partial charge in [0.05, 0.1) is 16.0 Å². The minimum absolute atomic E-state index is 0.117. The fourth-order valence-corrected chi connectivity index (χ4v) is 6.40. The molecule has 0 amide bonds. The van der Waals surface area contributed by atoms with Crippen LogP contribution in [0.4, 0.5) is 0 Å². The van der Waals surface area contributed by atoms with E-state index < -0.39 is 0 Å². The number of nitrogens with zero attached hydrogens (tertiary/aromatic N) is 3. The largest absolute Gasteiger partial charge is 0.293 e. The Labute approximate surface area is 184 Å². The number of aromatic nitrogens is 3. The Bertz CT molecular complexity index is 1250. The molecule has 152 valence electrons. The average molecular weight is 434 g/mol. The lowest BCUT2D eigenvalue weighted by atomic mass is 9.99. The van der Waals surface area contributed by atoms with E-state index in [2.05, 4.69) is 23.8 Å². The van der Waals surface area contributed by atoms with E-state index in [1.807, 2.05) is 30.3 Å². The molecule has 4 nitrogen and oxygen atoms in total. The van der Waals surface area contributed by atoms with Gasteiger partial charge in [0, 0.05) is 16.6 Å². The molecule has 0 saturated heterocycles. The van der Waals surface area contributed by atoms with Crippen LogP contribution in [0.1, 0.15) is 47.4 Å². The predicted molar refractivity (Wildman–Crippen MR) is 125 cm³/mol. The van der Waals surface area contributed by atoms with Crippen molar-refractivity contribution in [2.24, 2.45) is 5.92 Å². The zero-order chi connectivity index (χ0) is 20.7. The first-order valence-corrected chi connectivity index (χ1v) is 12.2. The van der Waals surface area contributed by atoms with Crippen LogP contribution < -0.4 is 0 Å². The zero-order valence-corrected chi connectivity index (χ0v) is 18.8. The van der Waals surface area contributed by atoms with Gasteiger partial charge in [0.15, 0.2) is 5.78 Å². The van der Waals surface area contributed by atoms with Crippen LogP contribution in [0.2, 0.25) is 0 Å². The molecule has 0 bridgehead atoms. The van der Waals surface area contributed by atoms with Crippen LogP contribution in [0.25, 0.3) is 20.4 Å². The van der Waals surface area contributed by atoms with Gasteiger partial charge in [0.2, 0.25) is 0 Å². The number of Topliss-reactive ketones (excluding diaryl/α,β-unsaturated/α-hetero) is 1. The average Bonchev–Trinajstić information content (AvgIpc) is 3.37. The maximum absolute atomic E-state index is 12.6. The maximum atomic E-state index is 12.6. The van der Waals surface area contributed by atoms with Gasteiger partial charge in [-0.15, -0.1) is 11.3 Å². The van der Waals surface area contributed by atoms with Gasteiger partial charge >= 0.3 is 0 Å². The molecule has 1 aromatic carbocycles. The normalized spacial score (nSPS) is 13.4. The van der Waals surface area contributed by atoms with E-state index >= 15 is 0 Å². The summed E-state index contributed by atoms with van der Waals surface area (Å²) in [4.78, 5) is 27.9. The van der Waals surface area contributed by atoms with Crippen molar-refractivity contribution in [3.63, 3.8) is 0 Å². The smallest absolute Gasteiger partial charge is 0.173 e. The number of hydrogen-bond acceptors (Lipinski definition) is 6. The molecule has 6 heteroatoms. The second-order valence-corrected chi connectivity index (χ2v) is 10.1. The first-order valence-electron chi connectivity index (χ1n) is 10.4. The Morgan fingerprint density at radius 2 is 1.93 bits per heavy atom. The fourth-order valence-electron chi connectivity index (χ4n) is 4.26. The van der Waals surface area contributed by atoms with E-state index in [0.29, 0.717) is 11.7 Å². The van der Waals surface area contributed by atoms with Crippen LogP contribution in [0.3, 0.4) is 0 Å². The lowest BCUT2D eigenvalue weighted by Crippen LogP contribution is -2.03. The van der Waals surface area contributed by atoms with Crippen LogP contribution in [0.15, 0.2) is 41.7 Å². The fraction of sp³-hybridized carbons (Fsp3) is 0.333. The molecule has 0 fully saturated rings. The summed E-state index contributed by atoms with van der Waals surface area (Å²) in [6.07, 6.45) is 6.07. The summed E-state index contributed by atoms with van der Waals surface area (Å²) in [5, 5.41) is 2.10. The van der Waals surface area contributed by atoms with Gasteiger partial charge in [0.25, 0.3) is 0 Å². The summed E-state index contributed by atoms with van der Waals surface area (Å²) in [5.74, 6) is 1.07. The molecule has 5 rings (SSSR count). The number of thiophene rings is 1. The van der Waals surface area contributed by atoms with E-state index in [0.717, 1.165) is 44.9 Å². The molecule has 0 unspecified atom stereocenters. The van der Waals surface area contributed by atoms with Gasteiger partial charge in [-0.2, -0.15) is 0 Å². The third kappa shape index (κ3) is 3.52. The van der Waals surface area contributed by atoms with E-state index in [1.54, 1.807) is 17.7 Å². The molecule has 1 aliphatic rings. The highest BCUT2D eigenvalue weighted by Crippen LogP contribution is 2.42. The van der Waals surface area contributed by atoms with E-state index in [-0.39, 0.29) is 5.78 Å². The molecule has 3 heterocycles. The summed E-state index contributed by atoms with van der Waals surface area (Å²) < 4.78 is 1.06. The minimum Gasteiger partial charge on any atom is -0.293 e. The zero-order valence-electron chi connectivity index (χ0n) is 17.1. The summed E-state index contributed by atoms with van der Waals surface area (Å²) >= 11 is 3.17. The Balaban J connectivity index is 1.55. The third-order valence-electron chi connectivity index (χ3n) is 5.56. The molecule has 0 spiro atoms. The van der Waals surface area contributed by atoms with Gasteiger partial charge in [-0.1, -0.05) is 55.9 Å². The molecule has 1 aliphatic carbocycles. The van der Waals surface area contributed by atoms with Crippen molar-refractivity contribution in [3.8, 4) is 0 Å². The van der Waals surface area contributed by atoms with Gasteiger partial charge in [0.1, 0.15) is 16.2 Å².